The summed E-state index contributed by atoms with van der Waals surface area (Å²) in [4.78, 5) is 13.5. The van der Waals surface area contributed by atoms with Gasteiger partial charge in [0.25, 0.3) is 0 Å². The maximum Gasteiger partial charge on any atom is 0.222 e. The van der Waals surface area contributed by atoms with Crippen molar-refractivity contribution in [2.45, 2.75) is 38.5 Å². The molecule has 4 N–H and O–H groups in total. The first-order valence-corrected chi connectivity index (χ1v) is 8.62. The van der Waals surface area contributed by atoms with Gasteiger partial charge in [-0.3, -0.25) is 4.79 Å². The Morgan fingerprint density at radius 2 is 1.79 bits per heavy atom. The number of primary sulfonamides is 1. The summed E-state index contributed by atoms with van der Waals surface area (Å²) in [6, 6.07) is 0. The number of amides is 1. The Morgan fingerprint density at radius 1 is 1.16 bits per heavy atom. The van der Waals surface area contributed by atoms with Crippen molar-refractivity contribution in [3.05, 3.63) is 0 Å². The van der Waals surface area contributed by atoms with Crippen LogP contribution in [0.15, 0.2) is 0 Å². The normalized spacial score (nSPS) is 20.2. The third kappa shape index (κ3) is 6.89. The number of nitrogens with two attached hydrogens (primary N) is 2. The molecule has 1 amide bonds. The quantitative estimate of drug-likeness (QED) is 0.584. The van der Waals surface area contributed by atoms with Crippen molar-refractivity contribution in [3.63, 3.8) is 0 Å². The molecule has 0 aliphatic carbocycles. The summed E-state index contributed by atoms with van der Waals surface area (Å²) in [6.45, 7) is 1.99. The molecule has 0 bridgehead atoms. The summed E-state index contributed by atoms with van der Waals surface area (Å²) in [6.07, 6.45) is 5.70. The van der Waals surface area contributed by atoms with Crippen LogP contribution in [0.5, 0.6) is 0 Å². The maximum absolute atomic E-state index is 11.7. The van der Waals surface area contributed by atoms with E-state index < -0.39 is 10.0 Å². The third-order valence-corrected chi connectivity index (χ3v) is 4.33. The SMILES string of the molecule is NCCCCCCCN1CC(CS(N)(=O)=O)CC1=O. The van der Waals surface area contributed by atoms with Crippen molar-refractivity contribution in [2.75, 3.05) is 25.4 Å². The zero-order valence-corrected chi connectivity index (χ0v) is 12.2. The second-order valence-electron chi connectivity index (χ2n) is 5.30. The summed E-state index contributed by atoms with van der Waals surface area (Å²) < 4.78 is 22.0. The van der Waals surface area contributed by atoms with Crippen molar-refractivity contribution >= 4 is 15.9 Å². The Hall–Kier alpha value is -0.660. The molecule has 1 unspecified atom stereocenters. The molecule has 1 saturated heterocycles. The largest absolute Gasteiger partial charge is 0.342 e. The number of likely N-dealkylation sites (tertiary alicyclic amines) is 1. The number of rotatable bonds is 9. The van der Waals surface area contributed by atoms with Gasteiger partial charge in [-0.2, -0.15) is 0 Å². The number of nitrogens with zero attached hydrogens (tertiary/aromatic N) is 1. The molecule has 1 fully saturated rings. The summed E-state index contributed by atoms with van der Waals surface area (Å²) in [7, 11) is -3.48. The van der Waals surface area contributed by atoms with Crippen molar-refractivity contribution < 1.29 is 13.2 Å². The number of carbonyl (C=O) groups is 1. The second kappa shape index (κ2) is 7.81. The van der Waals surface area contributed by atoms with Gasteiger partial charge in [-0.05, 0) is 19.4 Å². The van der Waals surface area contributed by atoms with E-state index in [1.165, 1.54) is 0 Å². The first kappa shape index (κ1) is 16.4. The molecular weight excluding hydrogens is 266 g/mol. The lowest BCUT2D eigenvalue weighted by Crippen LogP contribution is -2.28. The Balaban J connectivity index is 2.19. The molecule has 1 rings (SSSR count). The van der Waals surface area contributed by atoms with Crippen molar-refractivity contribution in [2.24, 2.45) is 16.8 Å². The van der Waals surface area contributed by atoms with Crippen molar-refractivity contribution in [3.8, 4) is 0 Å². The zero-order chi connectivity index (χ0) is 14.3. The molecule has 0 spiro atoms. The van der Waals surface area contributed by atoms with E-state index in [1.54, 1.807) is 4.90 Å². The summed E-state index contributed by atoms with van der Waals surface area (Å²) in [5, 5.41) is 5.01. The van der Waals surface area contributed by atoms with Crippen LogP contribution in [0.4, 0.5) is 0 Å². The molecule has 0 aromatic heterocycles. The molecule has 7 heteroatoms. The van der Waals surface area contributed by atoms with E-state index in [4.69, 9.17) is 10.9 Å². The van der Waals surface area contributed by atoms with Gasteiger partial charge in [-0.1, -0.05) is 19.3 Å². The van der Waals surface area contributed by atoms with Gasteiger partial charge in [0.15, 0.2) is 0 Å². The van der Waals surface area contributed by atoms with Crippen LogP contribution in [-0.2, 0) is 14.8 Å². The highest BCUT2D eigenvalue weighted by atomic mass is 32.2. The van der Waals surface area contributed by atoms with E-state index in [-0.39, 0.29) is 17.6 Å². The average Bonchev–Trinajstić information content (AvgIpc) is 2.61. The first-order valence-electron chi connectivity index (χ1n) is 6.90. The van der Waals surface area contributed by atoms with E-state index in [2.05, 4.69) is 0 Å². The Labute approximate surface area is 115 Å². The van der Waals surface area contributed by atoms with Crippen LogP contribution < -0.4 is 10.9 Å². The van der Waals surface area contributed by atoms with Crippen molar-refractivity contribution in [1.29, 1.82) is 0 Å². The van der Waals surface area contributed by atoms with Gasteiger partial charge in [-0.15, -0.1) is 0 Å². The molecular formula is C12H25N3O3S. The van der Waals surface area contributed by atoms with E-state index in [0.717, 1.165) is 45.2 Å². The fourth-order valence-corrected chi connectivity index (χ4v) is 3.37. The highest BCUT2D eigenvalue weighted by Crippen LogP contribution is 2.19. The van der Waals surface area contributed by atoms with E-state index >= 15 is 0 Å². The van der Waals surface area contributed by atoms with Gasteiger partial charge < -0.3 is 10.6 Å². The lowest BCUT2D eigenvalue weighted by Gasteiger charge is -2.16. The van der Waals surface area contributed by atoms with Crippen LogP contribution in [0.1, 0.15) is 38.5 Å². The summed E-state index contributed by atoms with van der Waals surface area (Å²) in [5.74, 6) is -0.179. The molecule has 0 aromatic rings. The molecule has 112 valence electrons. The average molecular weight is 291 g/mol. The summed E-state index contributed by atoms with van der Waals surface area (Å²) in [5.41, 5.74) is 5.41. The lowest BCUT2D eigenvalue weighted by atomic mass is 10.1. The van der Waals surface area contributed by atoms with E-state index in [0.29, 0.717) is 13.0 Å². The van der Waals surface area contributed by atoms with Crippen LogP contribution in [0.2, 0.25) is 0 Å². The monoisotopic (exact) mass is 291 g/mol. The standard InChI is InChI=1S/C12H25N3O3S/c13-6-4-2-1-3-5-7-15-9-11(8-12(15)16)10-19(14,17)18/h11H,1-10,13H2,(H2,14,17,18). The Morgan fingerprint density at radius 3 is 2.42 bits per heavy atom. The van der Waals surface area contributed by atoms with Gasteiger partial charge >= 0.3 is 0 Å². The van der Waals surface area contributed by atoms with Crippen LogP contribution >= 0.6 is 0 Å². The molecule has 19 heavy (non-hydrogen) atoms. The predicted molar refractivity (Wildman–Crippen MR) is 74.8 cm³/mol. The van der Waals surface area contributed by atoms with Gasteiger partial charge in [-0.25, -0.2) is 13.6 Å². The molecule has 0 radical (unpaired) electrons. The van der Waals surface area contributed by atoms with Crippen LogP contribution in [-0.4, -0.2) is 44.6 Å². The minimum atomic E-state index is -3.48. The number of carbonyl (C=O) groups excluding carboxylic acids is 1. The van der Waals surface area contributed by atoms with Crippen LogP contribution in [0.3, 0.4) is 0 Å². The number of hydrogen-bond acceptors (Lipinski definition) is 4. The zero-order valence-electron chi connectivity index (χ0n) is 11.4. The Kier molecular flexibility index (Phi) is 6.74. The Bertz CT molecular complexity index is 384. The number of sulfonamides is 1. The highest BCUT2D eigenvalue weighted by molar-refractivity contribution is 7.89. The molecule has 1 aliphatic rings. The van der Waals surface area contributed by atoms with Crippen LogP contribution in [0, 0.1) is 5.92 Å². The van der Waals surface area contributed by atoms with E-state index in [1.807, 2.05) is 0 Å². The van der Waals surface area contributed by atoms with E-state index in [9.17, 15) is 13.2 Å². The molecule has 6 nitrogen and oxygen atoms in total. The topological polar surface area (TPSA) is 106 Å². The fraction of sp³-hybridized carbons (Fsp3) is 0.917. The molecule has 1 heterocycles. The molecule has 0 aromatic carbocycles. The fourth-order valence-electron chi connectivity index (χ4n) is 2.49. The smallest absolute Gasteiger partial charge is 0.222 e. The summed E-state index contributed by atoms with van der Waals surface area (Å²) >= 11 is 0. The van der Waals surface area contributed by atoms with Gasteiger partial charge in [0.05, 0.1) is 5.75 Å². The molecule has 0 saturated carbocycles. The predicted octanol–water partition coefficient (Wildman–Crippen LogP) is 0.0326. The minimum absolute atomic E-state index is 0.0515. The second-order valence-corrected chi connectivity index (χ2v) is 6.95. The van der Waals surface area contributed by atoms with Gasteiger partial charge in [0.1, 0.15) is 0 Å². The van der Waals surface area contributed by atoms with Gasteiger partial charge in [0.2, 0.25) is 15.9 Å². The third-order valence-electron chi connectivity index (χ3n) is 3.39. The van der Waals surface area contributed by atoms with Crippen LogP contribution in [0.25, 0.3) is 0 Å². The maximum atomic E-state index is 11.7. The van der Waals surface area contributed by atoms with Crippen molar-refractivity contribution in [1.82, 2.24) is 4.90 Å². The highest BCUT2D eigenvalue weighted by Gasteiger charge is 2.31. The lowest BCUT2D eigenvalue weighted by molar-refractivity contribution is -0.127. The number of unbranched alkanes of at least 4 members (excludes halogenated alkanes) is 4. The first-order chi connectivity index (χ1) is 8.92. The number of hydrogen-bond donors (Lipinski definition) is 2. The minimum Gasteiger partial charge on any atom is -0.342 e. The molecule has 1 atom stereocenters. The van der Waals surface area contributed by atoms with Gasteiger partial charge in [0, 0.05) is 25.4 Å². The molecule has 1 aliphatic heterocycles.